The molecule has 0 atom stereocenters. The molecule has 0 aliphatic heterocycles. The largest absolute Gasteiger partial charge is 0.496 e. The molecule has 1 fully saturated rings. The Labute approximate surface area is 91.6 Å². The van der Waals surface area contributed by atoms with Crippen LogP contribution in [0.15, 0.2) is 24.3 Å². The monoisotopic (exact) mass is 205 g/mol. The van der Waals surface area contributed by atoms with Crippen molar-refractivity contribution in [1.29, 1.82) is 0 Å². The molecule has 0 heterocycles. The first kappa shape index (κ1) is 10.5. The SMILES string of the molecule is CNCC1(c2ccccc2OC)CCC1. The van der Waals surface area contributed by atoms with Crippen molar-refractivity contribution in [2.45, 2.75) is 24.7 Å². The molecule has 0 spiro atoms. The zero-order valence-electron chi connectivity index (χ0n) is 9.55. The lowest BCUT2D eigenvalue weighted by molar-refractivity contribution is 0.230. The summed E-state index contributed by atoms with van der Waals surface area (Å²) < 4.78 is 5.45. The average molecular weight is 205 g/mol. The number of ether oxygens (including phenoxy) is 1. The van der Waals surface area contributed by atoms with Crippen LogP contribution in [0.4, 0.5) is 0 Å². The Bertz CT molecular complexity index is 331. The smallest absolute Gasteiger partial charge is 0.122 e. The molecule has 1 saturated carbocycles. The lowest BCUT2D eigenvalue weighted by Gasteiger charge is -2.43. The van der Waals surface area contributed by atoms with Crippen molar-refractivity contribution in [3.8, 4) is 5.75 Å². The molecular formula is C13H19NO. The van der Waals surface area contributed by atoms with E-state index in [9.17, 15) is 0 Å². The summed E-state index contributed by atoms with van der Waals surface area (Å²) >= 11 is 0. The second kappa shape index (κ2) is 4.23. The predicted octanol–water partition coefficient (Wildman–Crippen LogP) is 2.34. The van der Waals surface area contributed by atoms with Crippen molar-refractivity contribution >= 4 is 0 Å². The van der Waals surface area contributed by atoms with Crippen LogP contribution in [0.25, 0.3) is 0 Å². The molecule has 2 heteroatoms. The van der Waals surface area contributed by atoms with Gasteiger partial charge in [0, 0.05) is 17.5 Å². The van der Waals surface area contributed by atoms with E-state index in [1.165, 1.54) is 24.8 Å². The third kappa shape index (κ3) is 1.74. The number of benzene rings is 1. The minimum absolute atomic E-state index is 0.321. The van der Waals surface area contributed by atoms with Gasteiger partial charge in [0.05, 0.1) is 7.11 Å². The van der Waals surface area contributed by atoms with Crippen LogP contribution >= 0.6 is 0 Å². The fraction of sp³-hybridized carbons (Fsp3) is 0.538. The van der Waals surface area contributed by atoms with Crippen LogP contribution in [-0.2, 0) is 5.41 Å². The summed E-state index contributed by atoms with van der Waals surface area (Å²) in [5.41, 5.74) is 1.69. The van der Waals surface area contributed by atoms with Crippen molar-refractivity contribution in [2.24, 2.45) is 0 Å². The zero-order valence-corrected chi connectivity index (χ0v) is 9.55. The summed E-state index contributed by atoms with van der Waals surface area (Å²) in [4.78, 5) is 0. The minimum Gasteiger partial charge on any atom is -0.496 e. The fourth-order valence-corrected chi connectivity index (χ4v) is 2.57. The van der Waals surface area contributed by atoms with Crippen LogP contribution in [-0.4, -0.2) is 20.7 Å². The standard InChI is InChI=1S/C13H19NO/c1-14-10-13(8-5-9-13)11-6-3-4-7-12(11)15-2/h3-4,6-7,14H,5,8-10H2,1-2H3. The first-order valence-electron chi connectivity index (χ1n) is 5.60. The Hall–Kier alpha value is -1.02. The van der Waals surface area contributed by atoms with Crippen molar-refractivity contribution in [2.75, 3.05) is 20.7 Å². The van der Waals surface area contributed by atoms with Gasteiger partial charge in [0.15, 0.2) is 0 Å². The fourth-order valence-electron chi connectivity index (χ4n) is 2.57. The molecule has 0 bridgehead atoms. The highest BCUT2D eigenvalue weighted by atomic mass is 16.5. The third-order valence-corrected chi connectivity index (χ3v) is 3.50. The maximum Gasteiger partial charge on any atom is 0.122 e. The Morgan fingerprint density at radius 3 is 2.60 bits per heavy atom. The highest BCUT2D eigenvalue weighted by molar-refractivity contribution is 5.41. The second-order valence-corrected chi connectivity index (χ2v) is 4.36. The van der Waals surface area contributed by atoms with Crippen LogP contribution in [0.2, 0.25) is 0 Å². The first-order valence-corrected chi connectivity index (χ1v) is 5.60. The van der Waals surface area contributed by atoms with E-state index in [4.69, 9.17) is 4.74 Å². The highest BCUT2D eigenvalue weighted by Crippen LogP contribution is 2.46. The van der Waals surface area contributed by atoms with Crippen molar-refractivity contribution in [3.63, 3.8) is 0 Å². The number of nitrogens with one attached hydrogen (secondary N) is 1. The van der Waals surface area contributed by atoms with Gasteiger partial charge in [-0.3, -0.25) is 0 Å². The lowest BCUT2D eigenvalue weighted by Crippen LogP contribution is -2.43. The van der Waals surface area contributed by atoms with E-state index in [1.54, 1.807) is 7.11 Å². The maximum atomic E-state index is 5.45. The second-order valence-electron chi connectivity index (χ2n) is 4.36. The number of hydrogen-bond donors (Lipinski definition) is 1. The average Bonchev–Trinajstić information content (AvgIpc) is 2.23. The lowest BCUT2D eigenvalue weighted by atomic mass is 9.64. The van der Waals surface area contributed by atoms with Gasteiger partial charge in [0.2, 0.25) is 0 Å². The number of rotatable bonds is 4. The molecule has 0 aromatic heterocycles. The van der Waals surface area contributed by atoms with Gasteiger partial charge in [-0.25, -0.2) is 0 Å². The van der Waals surface area contributed by atoms with E-state index >= 15 is 0 Å². The van der Waals surface area contributed by atoms with E-state index in [0.717, 1.165) is 12.3 Å². The van der Waals surface area contributed by atoms with Crippen LogP contribution in [0.5, 0.6) is 5.75 Å². The van der Waals surface area contributed by atoms with Gasteiger partial charge in [-0.05, 0) is 26.0 Å². The molecule has 15 heavy (non-hydrogen) atoms. The summed E-state index contributed by atoms with van der Waals surface area (Å²) in [6.07, 6.45) is 3.88. The van der Waals surface area contributed by atoms with Gasteiger partial charge in [-0.15, -0.1) is 0 Å². The van der Waals surface area contributed by atoms with E-state index < -0.39 is 0 Å². The van der Waals surface area contributed by atoms with E-state index in [0.29, 0.717) is 5.41 Å². The molecule has 0 radical (unpaired) electrons. The molecule has 1 aromatic rings. The normalized spacial score (nSPS) is 18.3. The molecule has 82 valence electrons. The Morgan fingerprint density at radius 1 is 1.33 bits per heavy atom. The Morgan fingerprint density at radius 2 is 2.07 bits per heavy atom. The molecule has 1 N–H and O–H groups in total. The molecule has 1 aromatic carbocycles. The van der Waals surface area contributed by atoms with Crippen LogP contribution in [0.3, 0.4) is 0 Å². The van der Waals surface area contributed by atoms with E-state index in [2.05, 4.69) is 23.5 Å². The molecule has 0 saturated heterocycles. The van der Waals surface area contributed by atoms with E-state index in [-0.39, 0.29) is 0 Å². The summed E-state index contributed by atoms with van der Waals surface area (Å²) in [5.74, 6) is 1.03. The molecule has 1 aliphatic rings. The van der Waals surface area contributed by atoms with Gasteiger partial charge >= 0.3 is 0 Å². The van der Waals surface area contributed by atoms with Gasteiger partial charge in [0.25, 0.3) is 0 Å². The molecule has 0 amide bonds. The molecule has 0 unspecified atom stereocenters. The van der Waals surface area contributed by atoms with Crippen molar-refractivity contribution < 1.29 is 4.74 Å². The summed E-state index contributed by atoms with van der Waals surface area (Å²) in [7, 11) is 3.78. The van der Waals surface area contributed by atoms with Gasteiger partial charge in [-0.2, -0.15) is 0 Å². The minimum atomic E-state index is 0.321. The quantitative estimate of drug-likeness (QED) is 0.814. The highest BCUT2D eigenvalue weighted by Gasteiger charge is 2.39. The molecule has 2 rings (SSSR count). The predicted molar refractivity (Wildman–Crippen MR) is 62.4 cm³/mol. The van der Waals surface area contributed by atoms with Crippen molar-refractivity contribution in [3.05, 3.63) is 29.8 Å². The Balaban J connectivity index is 2.33. The van der Waals surface area contributed by atoms with Crippen LogP contribution in [0.1, 0.15) is 24.8 Å². The summed E-state index contributed by atoms with van der Waals surface area (Å²) in [6, 6.07) is 8.40. The molecular weight excluding hydrogens is 186 g/mol. The third-order valence-electron chi connectivity index (χ3n) is 3.50. The number of hydrogen-bond acceptors (Lipinski definition) is 2. The maximum absolute atomic E-state index is 5.45. The van der Waals surface area contributed by atoms with Crippen molar-refractivity contribution in [1.82, 2.24) is 5.32 Å². The van der Waals surface area contributed by atoms with Gasteiger partial charge in [-0.1, -0.05) is 24.6 Å². The van der Waals surface area contributed by atoms with Crippen LogP contribution < -0.4 is 10.1 Å². The summed E-state index contributed by atoms with van der Waals surface area (Å²) in [6.45, 7) is 1.05. The van der Waals surface area contributed by atoms with E-state index in [1.807, 2.05) is 13.1 Å². The molecule has 1 aliphatic carbocycles. The van der Waals surface area contributed by atoms with Crippen LogP contribution in [0, 0.1) is 0 Å². The zero-order chi connectivity index (χ0) is 10.7. The number of para-hydroxylation sites is 1. The van der Waals surface area contributed by atoms with Gasteiger partial charge < -0.3 is 10.1 Å². The topological polar surface area (TPSA) is 21.3 Å². The van der Waals surface area contributed by atoms with Gasteiger partial charge in [0.1, 0.15) is 5.75 Å². The molecule has 2 nitrogen and oxygen atoms in total. The number of methoxy groups -OCH3 is 1. The summed E-state index contributed by atoms with van der Waals surface area (Å²) in [5, 5.41) is 3.30. The number of likely N-dealkylation sites (N-methyl/N-ethyl adjacent to an activating group) is 1. The Kier molecular flexibility index (Phi) is 2.96. The first-order chi connectivity index (χ1) is 7.32.